The number of nitrogens with one attached hydrogen (secondary N) is 6. The van der Waals surface area contributed by atoms with Gasteiger partial charge in [-0.25, -0.2) is 4.68 Å². The van der Waals surface area contributed by atoms with Crippen molar-refractivity contribution >= 4 is 51.8 Å². The molecule has 0 aliphatic carbocycles. The maximum Gasteiger partial charge on any atom is 0.283 e. The van der Waals surface area contributed by atoms with E-state index in [2.05, 4.69) is 31.7 Å². The third kappa shape index (κ3) is 12.1. The number of nitro benzene ring substituents is 1. The van der Waals surface area contributed by atoms with Crippen molar-refractivity contribution in [2.45, 2.75) is 104 Å². The van der Waals surface area contributed by atoms with Crippen molar-refractivity contribution in [3.05, 3.63) is 84.9 Å². The molecule has 1 aliphatic rings. The summed E-state index contributed by atoms with van der Waals surface area (Å²) in [5.74, 6) is -5.09. The molecule has 4 unspecified atom stereocenters. The topological polar surface area (TPSA) is 270 Å². The minimum absolute atomic E-state index is 0.0685. The van der Waals surface area contributed by atoms with Gasteiger partial charge in [0, 0.05) is 25.5 Å². The van der Waals surface area contributed by atoms with E-state index in [9.17, 15) is 48.5 Å². The molecule has 19 nitrogen and oxygen atoms in total. The average Bonchev–Trinajstić information content (AvgIpc) is 3.59. The van der Waals surface area contributed by atoms with Gasteiger partial charge in [-0.15, -0.1) is 0 Å². The van der Waals surface area contributed by atoms with Crippen molar-refractivity contribution in [1.82, 2.24) is 36.4 Å². The highest BCUT2D eigenvalue weighted by Crippen LogP contribution is 2.20. The van der Waals surface area contributed by atoms with Crippen molar-refractivity contribution in [2.24, 2.45) is 17.8 Å². The van der Waals surface area contributed by atoms with E-state index in [-0.39, 0.29) is 42.6 Å². The number of carbonyl (C=O) groups is 6. The second-order valence-electron chi connectivity index (χ2n) is 15.4. The predicted molar refractivity (Wildman–Crippen MR) is 215 cm³/mol. The Kier molecular flexibility index (Phi) is 15.8. The summed E-state index contributed by atoms with van der Waals surface area (Å²) < 4.78 is 6.71. The van der Waals surface area contributed by atoms with E-state index >= 15 is 0 Å². The van der Waals surface area contributed by atoms with Crippen LogP contribution in [0, 0.1) is 27.9 Å². The Morgan fingerprint density at radius 2 is 1.53 bits per heavy atom. The lowest BCUT2D eigenvalue weighted by atomic mass is 9.94. The summed E-state index contributed by atoms with van der Waals surface area (Å²) in [6.07, 6.45) is -0.719. The van der Waals surface area contributed by atoms with E-state index in [1.165, 1.54) is 19.1 Å². The maximum atomic E-state index is 14.2. The molecule has 2 aromatic carbocycles. The smallest absolute Gasteiger partial charge is 0.283 e. The first-order valence-electron chi connectivity index (χ1n) is 19.4. The molecular formula is C40H52N8O11. The number of benzene rings is 2. The Morgan fingerprint density at radius 1 is 0.864 bits per heavy atom. The number of carbonyl (C=O) groups excluding carboxylic acids is 6. The van der Waals surface area contributed by atoms with E-state index in [0.29, 0.717) is 17.6 Å². The fraction of sp³-hybridized carbons (Fsp3) is 0.500. The number of hydrogen-bond acceptors (Lipinski definition) is 11. The number of ether oxygens (including phenoxy) is 1. The van der Waals surface area contributed by atoms with E-state index in [1.54, 1.807) is 34.6 Å². The van der Waals surface area contributed by atoms with Crippen molar-refractivity contribution < 1.29 is 38.4 Å². The van der Waals surface area contributed by atoms with Gasteiger partial charge >= 0.3 is 0 Å². The van der Waals surface area contributed by atoms with Crippen LogP contribution in [0.25, 0.3) is 10.8 Å². The second kappa shape index (κ2) is 20.4. The molecule has 2 heterocycles. The Balaban J connectivity index is 1.63. The zero-order chi connectivity index (χ0) is 43.6. The number of aromatic amines is 1. The normalized spacial score (nSPS) is 16.4. The van der Waals surface area contributed by atoms with Gasteiger partial charge in [0.1, 0.15) is 30.1 Å². The molecule has 318 valence electrons. The zero-order valence-electron chi connectivity index (χ0n) is 33.9. The van der Waals surface area contributed by atoms with Gasteiger partial charge in [0.25, 0.3) is 16.8 Å². The van der Waals surface area contributed by atoms with E-state index in [1.807, 2.05) is 30.3 Å². The first kappa shape index (κ1) is 45.5. The van der Waals surface area contributed by atoms with Crippen LogP contribution < -0.4 is 37.7 Å². The van der Waals surface area contributed by atoms with Crippen LogP contribution in [0.4, 0.5) is 5.69 Å². The lowest BCUT2D eigenvalue weighted by Gasteiger charge is -2.30. The summed E-state index contributed by atoms with van der Waals surface area (Å²) >= 11 is 0. The molecule has 0 radical (unpaired) electrons. The van der Waals surface area contributed by atoms with Crippen LogP contribution in [-0.2, 0) is 46.7 Å². The van der Waals surface area contributed by atoms with Crippen LogP contribution in [0.1, 0.15) is 66.4 Å². The fourth-order valence-corrected chi connectivity index (χ4v) is 6.81. The molecule has 6 N–H and O–H groups in total. The standard InChI is InChI=1S/C40H52N8O11/c1-21(2)17-29(44-39(55)34(23(5)59-20-25-11-8-7-9-12-25)45-38(54)33(22(3)4)42-24(6)49)36(52)43-28(18-26-15-16-41-35(26)51)31(50)19-47-40(56)27-13-10-14-30(48(57)58)32(27)37(53)46-47/h7-14,21-23,26,28-29,33-34H,15-20H2,1-6H3,(H,41,51)(H,42,49)(H,43,52)(H,44,55)(H,45,54)(H,46,53)/t23?,26?,28-,29-,33?,34?/m0/s1. The molecule has 1 aliphatic heterocycles. The quantitative estimate of drug-likeness (QED) is 0.0690. The van der Waals surface area contributed by atoms with E-state index in [4.69, 9.17) is 4.74 Å². The summed E-state index contributed by atoms with van der Waals surface area (Å²) in [5, 5.41) is 26.3. The highest BCUT2D eigenvalue weighted by atomic mass is 16.6. The van der Waals surface area contributed by atoms with Crippen LogP contribution in [-0.4, -0.2) is 86.8 Å². The van der Waals surface area contributed by atoms with Crippen molar-refractivity contribution in [1.29, 1.82) is 0 Å². The van der Waals surface area contributed by atoms with Gasteiger partial charge in [0.15, 0.2) is 5.78 Å². The average molecular weight is 821 g/mol. The number of nitrogens with zero attached hydrogens (tertiary/aromatic N) is 2. The second-order valence-corrected chi connectivity index (χ2v) is 15.4. The highest BCUT2D eigenvalue weighted by Gasteiger charge is 2.37. The Bertz CT molecular complexity index is 2170. The molecule has 4 rings (SSSR count). The van der Waals surface area contributed by atoms with Gasteiger partial charge in [-0.05, 0) is 49.7 Å². The number of non-ortho nitro benzene ring substituents is 1. The van der Waals surface area contributed by atoms with Gasteiger partial charge < -0.3 is 31.3 Å². The van der Waals surface area contributed by atoms with Crippen molar-refractivity contribution in [3.8, 4) is 0 Å². The minimum atomic E-state index is -1.40. The highest BCUT2D eigenvalue weighted by molar-refractivity contribution is 5.96. The fourth-order valence-electron chi connectivity index (χ4n) is 6.81. The lowest BCUT2D eigenvalue weighted by Crippen LogP contribution is -2.61. The molecule has 19 heteroatoms. The summed E-state index contributed by atoms with van der Waals surface area (Å²) in [7, 11) is 0. The number of nitro groups is 1. The first-order valence-corrected chi connectivity index (χ1v) is 19.4. The van der Waals surface area contributed by atoms with Crippen molar-refractivity contribution in [3.63, 3.8) is 0 Å². The number of H-pyrrole nitrogens is 1. The summed E-state index contributed by atoms with van der Waals surface area (Å²) in [6.45, 7) is 9.52. The summed E-state index contributed by atoms with van der Waals surface area (Å²) in [5.41, 5.74) is -1.69. The van der Waals surface area contributed by atoms with Crippen LogP contribution in [0.2, 0.25) is 0 Å². The van der Waals surface area contributed by atoms with Crippen LogP contribution in [0.3, 0.4) is 0 Å². The monoisotopic (exact) mass is 820 g/mol. The largest absolute Gasteiger partial charge is 0.371 e. The number of rotatable bonds is 20. The summed E-state index contributed by atoms with van der Waals surface area (Å²) in [6, 6.07) is 7.58. The zero-order valence-corrected chi connectivity index (χ0v) is 33.9. The number of aromatic nitrogens is 2. The molecule has 1 saturated heterocycles. The van der Waals surface area contributed by atoms with Crippen LogP contribution in [0.15, 0.2) is 58.1 Å². The van der Waals surface area contributed by atoms with Gasteiger partial charge in [0.2, 0.25) is 29.5 Å². The predicted octanol–water partition coefficient (Wildman–Crippen LogP) is 0.960. The number of ketones is 1. The maximum absolute atomic E-state index is 14.2. The van der Waals surface area contributed by atoms with Gasteiger partial charge in [-0.3, -0.25) is 53.6 Å². The molecule has 1 fully saturated rings. The number of hydrogen-bond donors (Lipinski definition) is 6. The lowest BCUT2D eigenvalue weighted by molar-refractivity contribution is -0.383. The number of Topliss-reactive ketones (excluding diaryl/α,β-unsaturated/α-hetero) is 1. The first-order chi connectivity index (χ1) is 27.9. The minimum Gasteiger partial charge on any atom is -0.371 e. The molecule has 3 aromatic rings. The van der Waals surface area contributed by atoms with Crippen LogP contribution >= 0.6 is 0 Å². The Labute approximate surface area is 339 Å². The SMILES string of the molecule is CC(=O)NC(C(=O)NC(C(=O)N[C@@H](CC(C)C)C(=O)N[C@@H](CC1CCNC1=O)C(=O)Cn1[nH]c(=O)c2c([N+](=O)[O-])cccc2c1=O)C(C)OCc1ccccc1)C(C)C. The van der Waals surface area contributed by atoms with Gasteiger partial charge in [0.05, 0.1) is 29.1 Å². The van der Waals surface area contributed by atoms with Gasteiger partial charge in [-0.2, -0.15) is 0 Å². The van der Waals surface area contributed by atoms with Crippen molar-refractivity contribution in [2.75, 3.05) is 6.54 Å². The molecule has 0 saturated carbocycles. The molecule has 0 bridgehead atoms. The number of amides is 5. The molecule has 6 atom stereocenters. The Morgan fingerprint density at radius 3 is 2.12 bits per heavy atom. The molecule has 59 heavy (non-hydrogen) atoms. The Hall–Kier alpha value is -6.24. The summed E-state index contributed by atoms with van der Waals surface area (Å²) in [4.78, 5) is 118. The molecular weight excluding hydrogens is 768 g/mol. The van der Waals surface area contributed by atoms with E-state index < -0.39 is 99.3 Å². The third-order valence-electron chi connectivity index (χ3n) is 9.93. The van der Waals surface area contributed by atoms with E-state index in [0.717, 1.165) is 11.6 Å². The number of fused-ring (bicyclic) bond motifs is 1. The van der Waals surface area contributed by atoms with Gasteiger partial charge in [-0.1, -0.05) is 64.1 Å². The third-order valence-corrected chi connectivity index (χ3v) is 9.93. The van der Waals surface area contributed by atoms with Crippen LogP contribution in [0.5, 0.6) is 0 Å². The molecule has 1 aromatic heterocycles. The molecule has 0 spiro atoms. The molecule has 5 amide bonds.